The van der Waals surface area contributed by atoms with Gasteiger partial charge in [-0.15, -0.1) is 0 Å². The van der Waals surface area contributed by atoms with Gasteiger partial charge in [0.15, 0.2) is 0 Å². The molecule has 0 amide bonds. The van der Waals surface area contributed by atoms with Crippen molar-refractivity contribution in [3.63, 3.8) is 0 Å². The predicted octanol–water partition coefficient (Wildman–Crippen LogP) is 4.53. The Balaban J connectivity index is 2.12. The fourth-order valence-electron chi connectivity index (χ4n) is 3.71. The maximum absolute atomic E-state index is 13.7. The maximum atomic E-state index is 13.7. The van der Waals surface area contributed by atoms with Crippen LogP contribution >= 0.6 is 0 Å². The number of benzene rings is 3. The van der Waals surface area contributed by atoms with Crippen LogP contribution < -0.4 is 9.47 Å². The molecule has 162 valence electrons. The monoisotopic (exact) mass is 448 g/mol. The van der Waals surface area contributed by atoms with Crippen LogP contribution in [0.25, 0.3) is 22.0 Å². The Labute approximate surface area is 185 Å². The lowest BCUT2D eigenvalue weighted by atomic mass is 10.0. The molecule has 0 saturated heterocycles. The van der Waals surface area contributed by atoms with Gasteiger partial charge in [-0.05, 0) is 43.3 Å². The summed E-state index contributed by atoms with van der Waals surface area (Å²) in [6, 6.07) is 19.9. The van der Waals surface area contributed by atoms with Crippen LogP contribution in [0.5, 0.6) is 17.4 Å². The molecule has 0 unspecified atom stereocenters. The second-order valence-corrected chi connectivity index (χ2v) is 8.65. The first-order chi connectivity index (χ1) is 15.4. The van der Waals surface area contributed by atoms with E-state index >= 15 is 0 Å². The highest BCUT2D eigenvalue weighted by Gasteiger charge is 2.30. The standard InChI is InChI=1S/C24H20N2O5S/c1-3-31-20-9-5-4-8-17(20)23-18-14-16(15-25)12-13-19(18)26(24(23)27)32(28,29)22-11-7-6-10-21(22)30-2/h4-14,27H,3H2,1-2H3. The van der Waals surface area contributed by atoms with Crippen molar-refractivity contribution in [2.75, 3.05) is 13.7 Å². The second kappa shape index (κ2) is 8.29. The molecule has 1 aromatic heterocycles. The number of nitriles is 1. The largest absolute Gasteiger partial charge is 0.495 e. The Kier molecular flexibility index (Phi) is 5.51. The van der Waals surface area contributed by atoms with E-state index in [9.17, 15) is 18.8 Å². The number of ether oxygens (including phenoxy) is 2. The third-order valence-electron chi connectivity index (χ3n) is 5.07. The van der Waals surface area contributed by atoms with Crippen LogP contribution in [0.3, 0.4) is 0 Å². The third-order valence-corrected chi connectivity index (χ3v) is 6.82. The molecule has 8 heteroatoms. The molecule has 0 saturated carbocycles. The van der Waals surface area contributed by atoms with Gasteiger partial charge in [0.2, 0.25) is 5.88 Å². The summed E-state index contributed by atoms with van der Waals surface area (Å²) in [6.07, 6.45) is 0. The van der Waals surface area contributed by atoms with Crippen molar-refractivity contribution in [2.24, 2.45) is 0 Å². The van der Waals surface area contributed by atoms with Crippen molar-refractivity contribution >= 4 is 20.9 Å². The van der Waals surface area contributed by atoms with Crippen molar-refractivity contribution in [1.29, 1.82) is 5.26 Å². The lowest BCUT2D eigenvalue weighted by molar-refractivity contribution is 0.341. The van der Waals surface area contributed by atoms with Gasteiger partial charge in [0.1, 0.15) is 16.4 Å². The van der Waals surface area contributed by atoms with Gasteiger partial charge in [0, 0.05) is 10.9 Å². The molecule has 1 N–H and O–H groups in total. The molecule has 7 nitrogen and oxygen atoms in total. The van der Waals surface area contributed by atoms with E-state index in [0.717, 1.165) is 3.97 Å². The summed E-state index contributed by atoms with van der Waals surface area (Å²) >= 11 is 0. The van der Waals surface area contributed by atoms with Gasteiger partial charge in [0.25, 0.3) is 10.0 Å². The lowest BCUT2D eigenvalue weighted by Gasteiger charge is -2.13. The first-order valence-corrected chi connectivity index (χ1v) is 11.3. The molecule has 1 heterocycles. The van der Waals surface area contributed by atoms with Crippen LogP contribution in [0.1, 0.15) is 12.5 Å². The number of hydrogen-bond acceptors (Lipinski definition) is 6. The van der Waals surface area contributed by atoms with E-state index in [1.54, 1.807) is 42.5 Å². The summed E-state index contributed by atoms with van der Waals surface area (Å²) in [5.41, 5.74) is 1.34. The molecule has 0 spiro atoms. The molecule has 0 radical (unpaired) electrons. The first kappa shape index (κ1) is 21.3. The van der Waals surface area contributed by atoms with E-state index in [4.69, 9.17) is 9.47 Å². The smallest absolute Gasteiger partial charge is 0.274 e. The van der Waals surface area contributed by atoms with Crippen molar-refractivity contribution in [3.05, 3.63) is 72.3 Å². The summed E-state index contributed by atoms with van der Waals surface area (Å²) in [5, 5.41) is 21.1. The number of aromatic nitrogens is 1. The Morgan fingerprint density at radius 2 is 1.72 bits per heavy atom. The van der Waals surface area contributed by atoms with Gasteiger partial charge >= 0.3 is 0 Å². The number of nitrogens with zero attached hydrogens (tertiary/aromatic N) is 2. The number of fused-ring (bicyclic) bond motifs is 1. The summed E-state index contributed by atoms with van der Waals surface area (Å²) in [7, 11) is -2.87. The minimum Gasteiger partial charge on any atom is -0.495 e. The highest BCUT2D eigenvalue weighted by molar-refractivity contribution is 7.90. The van der Waals surface area contributed by atoms with E-state index in [1.165, 1.54) is 31.4 Å². The van der Waals surface area contributed by atoms with Crippen molar-refractivity contribution in [3.8, 4) is 34.6 Å². The molecular weight excluding hydrogens is 428 g/mol. The van der Waals surface area contributed by atoms with Crippen molar-refractivity contribution in [1.82, 2.24) is 3.97 Å². The van der Waals surface area contributed by atoms with E-state index in [-0.39, 0.29) is 21.7 Å². The minimum atomic E-state index is -4.25. The topological polar surface area (TPSA) is 102 Å². The number of hydrogen-bond donors (Lipinski definition) is 1. The molecule has 4 aromatic rings. The predicted molar refractivity (Wildman–Crippen MR) is 121 cm³/mol. The molecular formula is C24H20N2O5S. The third kappa shape index (κ3) is 3.33. The molecule has 0 fully saturated rings. The maximum Gasteiger partial charge on any atom is 0.274 e. The Hall–Kier alpha value is -3.96. The normalized spacial score (nSPS) is 11.3. The van der Waals surface area contributed by atoms with Crippen LogP contribution in [0, 0.1) is 11.3 Å². The number of para-hydroxylation sites is 2. The van der Waals surface area contributed by atoms with E-state index in [0.29, 0.717) is 28.9 Å². The first-order valence-electron chi connectivity index (χ1n) is 9.82. The van der Waals surface area contributed by atoms with Crippen LogP contribution in [0.15, 0.2) is 71.6 Å². The van der Waals surface area contributed by atoms with Crippen LogP contribution in [0.2, 0.25) is 0 Å². The van der Waals surface area contributed by atoms with Crippen LogP contribution in [-0.4, -0.2) is 31.2 Å². The molecule has 0 aliphatic carbocycles. The Morgan fingerprint density at radius 3 is 2.41 bits per heavy atom. The fourth-order valence-corrected chi connectivity index (χ4v) is 5.30. The number of rotatable bonds is 6. The van der Waals surface area contributed by atoms with Gasteiger partial charge in [-0.1, -0.05) is 30.3 Å². The molecule has 32 heavy (non-hydrogen) atoms. The van der Waals surface area contributed by atoms with Gasteiger partial charge in [-0.3, -0.25) is 0 Å². The van der Waals surface area contributed by atoms with Gasteiger partial charge in [0.05, 0.1) is 36.4 Å². The average molecular weight is 449 g/mol. The summed E-state index contributed by atoms with van der Waals surface area (Å²) < 4.78 is 39.2. The highest BCUT2D eigenvalue weighted by atomic mass is 32.2. The Morgan fingerprint density at radius 1 is 1.03 bits per heavy atom. The highest BCUT2D eigenvalue weighted by Crippen LogP contribution is 2.45. The zero-order valence-corrected chi connectivity index (χ0v) is 18.3. The van der Waals surface area contributed by atoms with Crippen molar-refractivity contribution in [2.45, 2.75) is 11.8 Å². The second-order valence-electron chi connectivity index (χ2n) is 6.89. The van der Waals surface area contributed by atoms with Gasteiger partial charge in [-0.25, -0.2) is 12.4 Å². The lowest BCUT2D eigenvalue weighted by Crippen LogP contribution is -2.13. The molecule has 0 aliphatic rings. The van der Waals surface area contributed by atoms with E-state index in [1.807, 2.05) is 6.92 Å². The molecule has 0 aliphatic heterocycles. The van der Waals surface area contributed by atoms with Gasteiger partial charge in [-0.2, -0.15) is 5.26 Å². The van der Waals surface area contributed by atoms with Gasteiger partial charge < -0.3 is 14.6 Å². The summed E-state index contributed by atoms with van der Waals surface area (Å²) in [5.74, 6) is 0.160. The zero-order valence-electron chi connectivity index (χ0n) is 17.4. The Bertz CT molecular complexity index is 1470. The fraction of sp³-hybridized carbons (Fsp3) is 0.125. The molecule has 4 rings (SSSR count). The number of methoxy groups -OCH3 is 1. The minimum absolute atomic E-state index is 0.0938. The van der Waals surface area contributed by atoms with Crippen LogP contribution in [0.4, 0.5) is 0 Å². The SMILES string of the molecule is CCOc1ccccc1-c1c(O)n(S(=O)(=O)c2ccccc2OC)c2ccc(C#N)cc12. The number of aromatic hydroxyl groups is 1. The zero-order chi connectivity index (χ0) is 22.9. The van der Waals surface area contributed by atoms with E-state index < -0.39 is 15.9 Å². The van der Waals surface area contributed by atoms with Crippen LogP contribution in [-0.2, 0) is 10.0 Å². The quantitative estimate of drug-likeness (QED) is 0.465. The molecule has 3 aromatic carbocycles. The van der Waals surface area contributed by atoms with E-state index in [2.05, 4.69) is 6.07 Å². The summed E-state index contributed by atoms with van der Waals surface area (Å²) in [4.78, 5) is -0.0938. The van der Waals surface area contributed by atoms with Crippen molar-refractivity contribution < 1.29 is 23.0 Å². The molecule has 0 bridgehead atoms. The average Bonchev–Trinajstić information content (AvgIpc) is 3.11. The summed E-state index contributed by atoms with van der Waals surface area (Å²) in [6.45, 7) is 2.22. The molecule has 0 atom stereocenters.